The van der Waals surface area contributed by atoms with Gasteiger partial charge in [0.15, 0.2) is 0 Å². The minimum absolute atomic E-state index is 0.169. The lowest BCUT2D eigenvalue weighted by atomic mass is 10.1. The van der Waals surface area contributed by atoms with Crippen molar-refractivity contribution < 1.29 is 4.79 Å². The van der Waals surface area contributed by atoms with E-state index in [1.165, 1.54) is 10.4 Å². The Morgan fingerprint density at radius 2 is 2.29 bits per heavy atom. The lowest BCUT2D eigenvalue weighted by Crippen LogP contribution is -2.30. The lowest BCUT2D eigenvalue weighted by Gasteiger charge is -2.24. The van der Waals surface area contributed by atoms with E-state index in [0.717, 1.165) is 43.6 Å². The van der Waals surface area contributed by atoms with E-state index >= 15 is 0 Å². The zero-order valence-electron chi connectivity index (χ0n) is 11.8. The Morgan fingerprint density at radius 1 is 1.33 bits per heavy atom. The normalized spacial score (nSPS) is 20.4. The zero-order chi connectivity index (χ0) is 14.2. The average molecular weight is 298 g/mol. The number of thiophene rings is 1. The molecule has 0 spiro atoms. The summed E-state index contributed by atoms with van der Waals surface area (Å²) in [7, 11) is 0. The number of anilines is 1. The summed E-state index contributed by atoms with van der Waals surface area (Å²) in [5, 5.41) is 5.45. The number of rotatable bonds is 2. The van der Waals surface area contributed by atoms with E-state index in [9.17, 15) is 4.79 Å². The predicted octanol–water partition coefficient (Wildman–Crippen LogP) is 3.69. The number of fused-ring (bicyclic) bond motifs is 1. The first-order valence-corrected chi connectivity index (χ1v) is 8.42. The second-order valence-electron chi connectivity index (χ2n) is 5.72. The number of nitrogens with zero attached hydrogens (tertiary/aromatic N) is 1. The van der Waals surface area contributed by atoms with Gasteiger partial charge < -0.3 is 10.2 Å². The van der Waals surface area contributed by atoms with Gasteiger partial charge in [-0.25, -0.2) is 0 Å². The van der Waals surface area contributed by atoms with Gasteiger partial charge in [-0.3, -0.25) is 4.79 Å². The third-order valence-corrected chi connectivity index (χ3v) is 5.43. The molecule has 1 N–H and O–H groups in total. The number of carbonyl (C=O) groups excluding carboxylic acids is 1. The molecule has 2 aliphatic heterocycles. The molecule has 0 radical (unpaired) electrons. The minimum Gasteiger partial charge on any atom is -0.384 e. The largest absolute Gasteiger partial charge is 0.384 e. The van der Waals surface area contributed by atoms with Crippen molar-refractivity contribution in [3.05, 3.63) is 51.7 Å². The lowest BCUT2D eigenvalue weighted by molar-refractivity contribution is 0.0738. The van der Waals surface area contributed by atoms with E-state index in [-0.39, 0.29) is 11.9 Å². The van der Waals surface area contributed by atoms with Crippen molar-refractivity contribution in [3.8, 4) is 0 Å². The summed E-state index contributed by atoms with van der Waals surface area (Å²) in [5.74, 6) is 0.169. The Kier molecular flexibility index (Phi) is 3.19. The van der Waals surface area contributed by atoms with Gasteiger partial charge in [-0.05, 0) is 48.4 Å². The van der Waals surface area contributed by atoms with E-state index in [0.29, 0.717) is 0 Å². The number of amides is 1. The highest BCUT2D eigenvalue weighted by Crippen LogP contribution is 2.36. The van der Waals surface area contributed by atoms with Gasteiger partial charge in [0.1, 0.15) is 0 Å². The Balaban J connectivity index is 1.62. The molecule has 4 heteroatoms. The molecular formula is C17H18N2OS. The quantitative estimate of drug-likeness (QED) is 0.917. The third kappa shape index (κ3) is 2.23. The molecular weight excluding hydrogens is 280 g/mol. The van der Waals surface area contributed by atoms with Gasteiger partial charge >= 0.3 is 0 Å². The van der Waals surface area contributed by atoms with Crippen molar-refractivity contribution in [1.29, 1.82) is 0 Å². The molecule has 1 atom stereocenters. The van der Waals surface area contributed by atoms with Crippen LogP contribution in [-0.2, 0) is 6.42 Å². The molecule has 108 valence electrons. The number of nitrogens with one attached hydrogen (secondary N) is 1. The maximum absolute atomic E-state index is 12.9. The maximum Gasteiger partial charge on any atom is 0.254 e. The molecule has 1 amide bonds. The van der Waals surface area contributed by atoms with Crippen LogP contribution in [-0.4, -0.2) is 23.9 Å². The highest BCUT2D eigenvalue weighted by atomic mass is 32.1. The summed E-state index contributed by atoms with van der Waals surface area (Å²) in [6.45, 7) is 1.85. The van der Waals surface area contributed by atoms with Crippen LogP contribution in [0.15, 0.2) is 35.7 Å². The van der Waals surface area contributed by atoms with Crippen LogP contribution >= 0.6 is 11.3 Å². The molecule has 1 aromatic carbocycles. The van der Waals surface area contributed by atoms with E-state index in [1.54, 1.807) is 11.3 Å². The van der Waals surface area contributed by atoms with Crippen molar-refractivity contribution in [2.45, 2.75) is 25.3 Å². The Bertz CT molecular complexity index is 665. The van der Waals surface area contributed by atoms with Crippen LogP contribution < -0.4 is 5.32 Å². The molecule has 1 unspecified atom stereocenters. The number of likely N-dealkylation sites (tertiary alicyclic amines) is 1. The summed E-state index contributed by atoms with van der Waals surface area (Å²) in [6.07, 6.45) is 3.23. The third-order valence-electron chi connectivity index (χ3n) is 4.45. The van der Waals surface area contributed by atoms with Gasteiger partial charge in [0.2, 0.25) is 0 Å². The molecule has 0 aliphatic carbocycles. The molecule has 1 saturated heterocycles. The molecule has 3 nitrogen and oxygen atoms in total. The highest BCUT2D eigenvalue weighted by Gasteiger charge is 2.31. The van der Waals surface area contributed by atoms with E-state index in [2.05, 4.69) is 28.9 Å². The fourth-order valence-electron chi connectivity index (χ4n) is 3.38. The Labute approximate surface area is 128 Å². The van der Waals surface area contributed by atoms with Crippen molar-refractivity contribution in [1.82, 2.24) is 4.90 Å². The number of hydrogen-bond acceptors (Lipinski definition) is 3. The number of benzene rings is 1. The zero-order valence-corrected chi connectivity index (χ0v) is 12.7. The molecule has 2 aliphatic rings. The summed E-state index contributed by atoms with van der Waals surface area (Å²) in [5.41, 5.74) is 3.27. The van der Waals surface area contributed by atoms with Crippen LogP contribution in [0, 0.1) is 0 Å². The molecule has 1 fully saturated rings. The average Bonchev–Trinajstić information content (AvgIpc) is 3.24. The first-order chi connectivity index (χ1) is 10.3. The van der Waals surface area contributed by atoms with Gasteiger partial charge in [-0.1, -0.05) is 12.1 Å². The topological polar surface area (TPSA) is 32.3 Å². The number of hydrogen-bond donors (Lipinski definition) is 1. The fourth-order valence-corrected chi connectivity index (χ4v) is 4.25. The van der Waals surface area contributed by atoms with Crippen LogP contribution in [0.1, 0.15) is 39.7 Å². The van der Waals surface area contributed by atoms with Crippen LogP contribution in [0.25, 0.3) is 0 Å². The van der Waals surface area contributed by atoms with Crippen molar-refractivity contribution in [2.24, 2.45) is 0 Å². The maximum atomic E-state index is 12.9. The summed E-state index contributed by atoms with van der Waals surface area (Å²) < 4.78 is 0. The van der Waals surface area contributed by atoms with Gasteiger partial charge in [0.05, 0.1) is 6.04 Å². The van der Waals surface area contributed by atoms with Crippen molar-refractivity contribution in [2.75, 3.05) is 18.4 Å². The SMILES string of the molecule is O=C(c1ccc2c(c1)NCC2)N1CCCC1c1cccs1. The van der Waals surface area contributed by atoms with E-state index in [1.807, 2.05) is 17.0 Å². The minimum atomic E-state index is 0.169. The Morgan fingerprint density at radius 3 is 3.14 bits per heavy atom. The predicted molar refractivity (Wildman–Crippen MR) is 86.0 cm³/mol. The molecule has 0 bridgehead atoms. The van der Waals surface area contributed by atoms with Gasteiger partial charge in [-0.15, -0.1) is 11.3 Å². The molecule has 0 saturated carbocycles. The smallest absolute Gasteiger partial charge is 0.254 e. The van der Waals surface area contributed by atoms with Crippen LogP contribution in [0.3, 0.4) is 0 Å². The summed E-state index contributed by atoms with van der Waals surface area (Å²) in [4.78, 5) is 16.2. The van der Waals surface area contributed by atoms with Crippen LogP contribution in [0.2, 0.25) is 0 Å². The second kappa shape index (κ2) is 5.19. The van der Waals surface area contributed by atoms with Gasteiger partial charge in [0, 0.05) is 29.2 Å². The summed E-state index contributed by atoms with van der Waals surface area (Å²) >= 11 is 1.75. The first kappa shape index (κ1) is 12.9. The standard InChI is InChI=1S/C17H18N2OS/c20-17(13-6-5-12-7-8-18-14(12)11-13)19-9-1-3-15(19)16-4-2-10-21-16/h2,4-6,10-11,15,18H,1,3,7-9H2. The highest BCUT2D eigenvalue weighted by molar-refractivity contribution is 7.10. The monoisotopic (exact) mass is 298 g/mol. The molecule has 1 aromatic heterocycles. The van der Waals surface area contributed by atoms with Gasteiger partial charge in [0.25, 0.3) is 5.91 Å². The molecule has 4 rings (SSSR count). The number of carbonyl (C=O) groups is 1. The first-order valence-electron chi connectivity index (χ1n) is 7.54. The van der Waals surface area contributed by atoms with Crippen LogP contribution in [0.5, 0.6) is 0 Å². The Hall–Kier alpha value is -1.81. The second-order valence-corrected chi connectivity index (χ2v) is 6.70. The van der Waals surface area contributed by atoms with E-state index < -0.39 is 0 Å². The molecule has 3 heterocycles. The molecule has 2 aromatic rings. The fraction of sp³-hybridized carbons (Fsp3) is 0.353. The van der Waals surface area contributed by atoms with Crippen molar-refractivity contribution >= 4 is 22.9 Å². The van der Waals surface area contributed by atoms with Crippen molar-refractivity contribution in [3.63, 3.8) is 0 Å². The molecule has 21 heavy (non-hydrogen) atoms. The van der Waals surface area contributed by atoms with E-state index in [4.69, 9.17) is 0 Å². The van der Waals surface area contributed by atoms with Gasteiger partial charge in [-0.2, -0.15) is 0 Å². The summed E-state index contributed by atoms with van der Waals surface area (Å²) in [6, 6.07) is 10.6. The van der Waals surface area contributed by atoms with Crippen LogP contribution in [0.4, 0.5) is 5.69 Å².